The Morgan fingerprint density at radius 1 is 0.917 bits per heavy atom. The molecule has 254 valence electrons. The van der Waals surface area contributed by atoms with Crippen molar-refractivity contribution in [1.82, 2.24) is 10.6 Å². The van der Waals surface area contributed by atoms with E-state index in [1.165, 1.54) is 19.2 Å². The summed E-state index contributed by atoms with van der Waals surface area (Å²) in [5.41, 5.74) is 9.63. The molecule has 0 radical (unpaired) electrons. The highest BCUT2D eigenvalue weighted by Gasteiger charge is 2.30. The number of aliphatic imine (C=N–C) groups is 1. The van der Waals surface area contributed by atoms with Crippen molar-refractivity contribution < 1.29 is 34.1 Å². The third kappa shape index (κ3) is 11.2. The molecular formula is C37H44N4O7. The molecule has 4 rings (SSSR count). The lowest BCUT2D eigenvalue weighted by Gasteiger charge is -2.25. The molecule has 2 amide bonds. The maximum Gasteiger partial charge on any atom is 0.224 e. The van der Waals surface area contributed by atoms with Crippen molar-refractivity contribution in [2.75, 3.05) is 20.3 Å². The maximum atomic E-state index is 14.0. The van der Waals surface area contributed by atoms with E-state index in [9.17, 15) is 29.4 Å². The van der Waals surface area contributed by atoms with Crippen LogP contribution in [0.1, 0.15) is 41.5 Å². The zero-order valence-corrected chi connectivity index (χ0v) is 27.1. The maximum absolute atomic E-state index is 14.0. The largest absolute Gasteiger partial charge is 0.508 e. The zero-order valence-electron chi connectivity index (χ0n) is 27.1. The lowest BCUT2D eigenvalue weighted by Crippen LogP contribution is -2.47. The highest BCUT2D eigenvalue weighted by molar-refractivity contribution is 5.94. The molecule has 4 unspecified atom stereocenters. The number of ketones is 2. The van der Waals surface area contributed by atoms with Crippen LogP contribution in [0.5, 0.6) is 5.75 Å². The molecule has 0 fully saturated rings. The summed E-state index contributed by atoms with van der Waals surface area (Å²) >= 11 is 0. The number of nitrogens with two attached hydrogens (primary N) is 1. The fraction of sp³-hybridized carbons (Fsp3) is 0.378. The average molecular weight is 657 g/mol. The number of rotatable bonds is 20. The average Bonchev–Trinajstić information content (AvgIpc) is 3.54. The number of carbonyl (C=O) groups is 4. The summed E-state index contributed by atoms with van der Waals surface area (Å²) in [7, 11) is 1.48. The fourth-order valence-electron chi connectivity index (χ4n) is 5.71. The van der Waals surface area contributed by atoms with Crippen molar-refractivity contribution in [1.29, 1.82) is 0 Å². The lowest BCUT2D eigenvalue weighted by atomic mass is 9.89. The molecule has 1 aliphatic rings. The van der Waals surface area contributed by atoms with Crippen LogP contribution in [0.15, 0.2) is 77.8 Å². The quantitative estimate of drug-likeness (QED) is 0.123. The number of hydrogen-bond acceptors (Lipinski definition) is 9. The number of amides is 2. The normalized spacial score (nSPS) is 14.5. The van der Waals surface area contributed by atoms with Gasteiger partial charge in [-0.25, -0.2) is 0 Å². The van der Waals surface area contributed by atoms with Gasteiger partial charge in [0.2, 0.25) is 11.8 Å². The summed E-state index contributed by atoms with van der Waals surface area (Å²) in [6.45, 7) is 0.189. The van der Waals surface area contributed by atoms with E-state index in [1.807, 2.05) is 54.7 Å². The number of aromatic hydroxyl groups is 1. The van der Waals surface area contributed by atoms with Gasteiger partial charge in [-0.05, 0) is 59.7 Å². The SMILES string of the molecule is COCC(O)CNC(Cc1ccccc1)C(=O)CC(Cc1ccc(O)cc1)C(=O)NC(CCC(N)=O)C(=O)Cc1ccc2c(c1)N=CC2. The molecule has 3 aromatic carbocycles. The van der Waals surface area contributed by atoms with E-state index >= 15 is 0 Å². The number of hydrogen-bond donors (Lipinski definition) is 5. The number of nitrogens with zero attached hydrogens (tertiary/aromatic N) is 1. The van der Waals surface area contributed by atoms with E-state index in [-0.39, 0.29) is 62.6 Å². The summed E-state index contributed by atoms with van der Waals surface area (Å²) in [6, 6.07) is 19.7. The fourth-order valence-corrected chi connectivity index (χ4v) is 5.71. The monoisotopic (exact) mass is 656 g/mol. The van der Waals surface area contributed by atoms with Crippen molar-refractivity contribution in [2.45, 2.75) is 63.1 Å². The predicted molar refractivity (Wildman–Crippen MR) is 182 cm³/mol. The number of aliphatic hydroxyl groups is 1. The Morgan fingerprint density at radius 2 is 1.62 bits per heavy atom. The highest BCUT2D eigenvalue weighted by Crippen LogP contribution is 2.26. The summed E-state index contributed by atoms with van der Waals surface area (Å²) in [4.78, 5) is 57.5. The van der Waals surface area contributed by atoms with Gasteiger partial charge in [0, 0.05) is 51.5 Å². The molecule has 0 aromatic heterocycles. The van der Waals surface area contributed by atoms with Crippen LogP contribution < -0.4 is 16.4 Å². The van der Waals surface area contributed by atoms with Gasteiger partial charge in [-0.1, -0.05) is 54.6 Å². The van der Waals surface area contributed by atoms with Crippen molar-refractivity contribution in [2.24, 2.45) is 16.6 Å². The first kappa shape index (κ1) is 36.1. The van der Waals surface area contributed by atoms with Crippen LogP contribution in [0.3, 0.4) is 0 Å². The Kier molecular flexibility index (Phi) is 13.5. The third-order valence-corrected chi connectivity index (χ3v) is 8.32. The number of phenols is 1. The predicted octanol–water partition coefficient (Wildman–Crippen LogP) is 2.54. The molecule has 1 heterocycles. The van der Waals surface area contributed by atoms with Crippen molar-refractivity contribution >= 4 is 35.3 Å². The van der Waals surface area contributed by atoms with E-state index in [0.717, 1.165) is 28.8 Å². The van der Waals surface area contributed by atoms with Crippen molar-refractivity contribution in [3.05, 3.63) is 95.1 Å². The smallest absolute Gasteiger partial charge is 0.224 e. The van der Waals surface area contributed by atoms with Crippen LogP contribution >= 0.6 is 0 Å². The van der Waals surface area contributed by atoms with Crippen LogP contribution in [0.25, 0.3) is 0 Å². The number of benzene rings is 3. The number of aliphatic hydroxyl groups excluding tert-OH is 1. The molecule has 6 N–H and O–H groups in total. The Balaban J connectivity index is 1.54. The number of carbonyl (C=O) groups excluding carboxylic acids is 4. The van der Waals surface area contributed by atoms with Crippen molar-refractivity contribution in [3.63, 3.8) is 0 Å². The van der Waals surface area contributed by atoms with Gasteiger partial charge in [0.15, 0.2) is 11.6 Å². The van der Waals surface area contributed by atoms with E-state index in [0.29, 0.717) is 12.0 Å². The summed E-state index contributed by atoms with van der Waals surface area (Å²) in [6.07, 6.45) is 1.93. The molecule has 0 saturated carbocycles. The second kappa shape index (κ2) is 18.0. The van der Waals surface area contributed by atoms with Gasteiger partial charge < -0.3 is 31.3 Å². The molecule has 11 nitrogen and oxygen atoms in total. The number of fused-ring (bicyclic) bond motifs is 1. The van der Waals surface area contributed by atoms with Gasteiger partial charge in [-0.15, -0.1) is 0 Å². The third-order valence-electron chi connectivity index (χ3n) is 8.32. The molecule has 0 spiro atoms. The van der Waals surface area contributed by atoms with Gasteiger partial charge in [0.25, 0.3) is 0 Å². The minimum Gasteiger partial charge on any atom is -0.508 e. The molecule has 0 aliphatic carbocycles. The Hall–Kier alpha value is -4.71. The molecule has 0 bridgehead atoms. The molecule has 0 saturated heterocycles. The minimum atomic E-state index is -1.01. The number of primary amides is 1. The standard InChI is InChI=1S/C37H44N4O7/c1-48-23-30(43)22-40-33(18-24-5-3-2-4-6-24)35(45)21-28(17-25-8-11-29(42)12-9-25)37(47)41-31(13-14-36(38)46)34(44)20-26-7-10-27-15-16-39-32(27)19-26/h2-12,16,19,28,30-31,33,40,42-43H,13-15,17-18,20-23H2,1H3,(H2,38,46)(H,41,47). The van der Waals surface area contributed by atoms with Crippen LogP contribution in [0.2, 0.25) is 0 Å². The lowest BCUT2D eigenvalue weighted by molar-refractivity contribution is -0.133. The number of ether oxygens (including phenoxy) is 1. The van der Waals surface area contributed by atoms with Gasteiger partial charge in [0.1, 0.15) is 5.75 Å². The second-order valence-electron chi connectivity index (χ2n) is 12.2. The first-order chi connectivity index (χ1) is 23.1. The molecule has 4 atom stereocenters. The van der Waals surface area contributed by atoms with Crippen LogP contribution in [-0.2, 0) is 49.6 Å². The van der Waals surface area contributed by atoms with Crippen molar-refractivity contribution in [3.8, 4) is 5.75 Å². The summed E-state index contributed by atoms with van der Waals surface area (Å²) < 4.78 is 5.03. The molecular weight excluding hydrogens is 612 g/mol. The topological polar surface area (TPSA) is 180 Å². The van der Waals surface area contributed by atoms with E-state index in [1.54, 1.807) is 12.1 Å². The molecule has 1 aliphatic heterocycles. The molecule has 3 aromatic rings. The van der Waals surface area contributed by atoms with E-state index < -0.39 is 35.9 Å². The Morgan fingerprint density at radius 3 is 2.33 bits per heavy atom. The van der Waals surface area contributed by atoms with Crippen LogP contribution in [-0.4, -0.2) is 78.3 Å². The van der Waals surface area contributed by atoms with Gasteiger partial charge >= 0.3 is 0 Å². The first-order valence-electron chi connectivity index (χ1n) is 16.1. The van der Waals surface area contributed by atoms with Gasteiger partial charge in [-0.2, -0.15) is 0 Å². The summed E-state index contributed by atoms with van der Waals surface area (Å²) in [5.74, 6) is -2.49. The number of methoxy groups -OCH3 is 1. The number of phenolic OH excluding ortho intramolecular Hbond substituents is 1. The van der Waals surface area contributed by atoms with E-state index in [2.05, 4.69) is 15.6 Å². The second-order valence-corrected chi connectivity index (χ2v) is 12.2. The van der Waals surface area contributed by atoms with Gasteiger partial charge in [0.05, 0.1) is 30.5 Å². The first-order valence-corrected chi connectivity index (χ1v) is 16.1. The Bertz CT molecular complexity index is 1580. The van der Waals surface area contributed by atoms with Crippen LogP contribution in [0, 0.1) is 5.92 Å². The minimum absolute atomic E-state index is 0.0124. The van der Waals surface area contributed by atoms with Gasteiger partial charge in [-0.3, -0.25) is 24.2 Å². The summed E-state index contributed by atoms with van der Waals surface area (Å²) in [5, 5.41) is 26.1. The number of Topliss-reactive ketones (excluding diaryl/α,β-unsaturated/α-hetero) is 2. The Labute approximate surface area is 280 Å². The molecule has 48 heavy (non-hydrogen) atoms. The molecule has 11 heteroatoms. The number of nitrogens with one attached hydrogen (secondary N) is 2. The zero-order chi connectivity index (χ0) is 34.5. The highest BCUT2D eigenvalue weighted by atomic mass is 16.5. The van der Waals surface area contributed by atoms with Crippen LogP contribution in [0.4, 0.5) is 5.69 Å². The van der Waals surface area contributed by atoms with E-state index in [4.69, 9.17) is 10.5 Å².